The first-order valence-electron chi connectivity index (χ1n) is 7.97. The highest BCUT2D eigenvalue weighted by molar-refractivity contribution is 6.33. The van der Waals surface area contributed by atoms with Gasteiger partial charge < -0.3 is 14.6 Å². The summed E-state index contributed by atoms with van der Waals surface area (Å²) in [5.74, 6) is -0.0565. The van der Waals surface area contributed by atoms with Crippen LogP contribution in [0.3, 0.4) is 0 Å². The van der Waals surface area contributed by atoms with Crippen LogP contribution in [0.1, 0.15) is 22.7 Å². The lowest BCUT2D eigenvalue weighted by Gasteiger charge is -2.07. The third-order valence-electron chi connectivity index (χ3n) is 3.63. The van der Waals surface area contributed by atoms with Gasteiger partial charge in [-0.15, -0.1) is 0 Å². The predicted molar refractivity (Wildman–Crippen MR) is 97.3 cm³/mol. The van der Waals surface area contributed by atoms with E-state index >= 15 is 0 Å². The molecule has 1 aromatic carbocycles. The highest BCUT2D eigenvalue weighted by Crippen LogP contribution is 2.21. The first-order chi connectivity index (χ1) is 13.1. The Morgan fingerprint density at radius 2 is 2.00 bits per heavy atom. The number of aromatic nitrogens is 3. The highest BCUT2D eigenvalue weighted by atomic mass is 35.5. The number of nitrogens with zero attached hydrogens (tertiary/aromatic N) is 3. The zero-order valence-electron chi connectivity index (χ0n) is 14.3. The molecular formula is C18H15ClN4O4. The minimum absolute atomic E-state index is 0.133. The summed E-state index contributed by atoms with van der Waals surface area (Å²) in [5.41, 5.74) is 1.39. The van der Waals surface area contributed by atoms with Crippen molar-refractivity contribution in [3.05, 3.63) is 59.2 Å². The normalized spacial score (nSPS) is 10.4. The van der Waals surface area contributed by atoms with Crippen molar-refractivity contribution in [2.75, 3.05) is 12.4 Å². The molecule has 0 aliphatic heterocycles. The molecule has 2 heterocycles. The molecule has 0 saturated heterocycles. The van der Waals surface area contributed by atoms with Crippen molar-refractivity contribution in [2.24, 2.45) is 0 Å². The standard InChI is InChI=1S/C18H15ClN4O4/c1-26-18(25)13-10-12(2-3-14(13)19)21-15(24)4-5-16-22-17(23-27-16)11-6-8-20-9-7-11/h2-3,6-10H,4-5H2,1H3,(H,21,24). The molecule has 1 amide bonds. The van der Waals surface area contributed by atoms with E-state index in [1.807, 2.05) is 0 Å². The number of amides is 1. The molecule has 2 aromatic heterocycles. The summed E-state index contributed by atoms with van der Waals surface area (Å²) in [6, 6.07) is 8.10. The van der Waals surface area contributed by atoms with E-state index in [-0.39, 0.29) is 29.3 Å². The van der Waals surface area contributed by atoms with Crippen molar-refractivity contribution in [2.45, 2.75) is 12.8 Å². The molecule has 0 fully saturated rings. The maximum atomic E-state index is 12.1. The molecule has 0 saturated carbocycles. The van der Waals surface area contributed by atoms with Gasteiger partial charge in [0.25, 0.3) is 0 Å². The van der Waals surface area contributed by atoms with Crippen LogP contribution in [-0.4, -0.2) is 34.1 Å². The van der Waals surface area contributed by atoms with Gasteiger partial charge in [-0.2, -0.15) is 4.98 Å². The monoisotopic (exact) mass is 386 g/mol. The first-order valence-corrected chi connectivity index (χ1v) is 8.35. The van der Waals surface area contributed by atoms with E-state index in [4.69, 9.17) is 16.1 Å². The Balaban J connectivity index is 1.59. The van der Waals surface area contributed by atoms with E-state index in [0.717, 1.165) is 5.56 Å². The number of carbonyl (C=O) groups is 2. The summed E-state index contributed by atoms with van der Waals surface area (Å²) < 4.78 is 9.81. The van der Waals surface area contributed by atoms with Crippen LogP contribution < -0.4 is 5.32 Å². The number of aryl methyl sites for hydroxylation is 1. The van der Waals surface area contributed by atoms with Crippen LogP contribution in [0.4, 0.5) is 5.69 Å². The second-order valence-corrected chi connectivity index (χ2v) is 5.89. The topological polar surface area (TPSA) is 107 Å². The van der Waals surface area contributed by atoms with Crippen LogP contribution in [0, 0.1) is 0 Å². The van der Waals surface area contributed by atoms with Crippen LogP contribution >= 0.6 is 11.6 Å². The number of methoxy groups -OCH3 is 1. The third-order valence-corrected chi connectivity index (χ3v) is 3.96. The van der Waals surface area contributed by atoms with Gasteiger partial charge in [0, 0.05) is 36.5 Å². The first kappa shape index (κ1) is 18.5. The highest BCUT2D eigenvalue weighted by Gasteiger charge is 2.14. The van der Waals surface area contributed by atoms with Crippen molar-refractivity contribution in [1.29, 1.82) is 0 Å². The molecule has 138 valence electrons. The number of esters is 1. The van der Waals surface area contributed by atoms with Gasteiger partial charge >= 0.3 is 5.97 Å². The molecule has 0 atom stereocenters. The number of hydrogen-bond acceptors (Lipinski definition) is 7. The zero-order valence-corrected chi connectivity index (χ0v) is 15.1. The van der Waals surface area contributed by atoms with Crippen LogP contribution in [0.5, 0.6) is 0 Å². The molecular weight excluding hydrogens is 372 g/mol. The van der Waals surface area contributed by atoms with Crippen molar-refractivity contribution in [1.82, 2.24) is 15.1 Å². The lowest BCUT2D eigenvalue weighted by Crippen LogP contribution is -2.13. The van der Waals surface area contributed by atoms with E-state index in [0.29, 0.717) is 17.4 Å². The number of hydrogen-bond donors (Lipinski definition) is 1. The number of halogens is 1. The molecule has 0 aliphatic carbocycles. The Bertz CT molecular complexity index is 959. The van der Waals surface area contributed by atoms with Crippen molar-refractivity contribution >= 4 is 29.2 Å². The summed E-state index contributed by atoms with van der Waals surface area (Å²) in [6.45, 7) is 0. The van der Waals surface area contributed by atoms with Crippen LogP contribution in [0.15, 0.2) is 47.2 Å². The largest absolute Gasteiger partial charge is 0.465 e. The van der Waals surface area contributed by atoms with Crippen molar-refractivity contribution in [3.63, 3.8) is 0 Å². The number of pyridine rings is 1. The van der Waals surface area contributed by atoms with Gasteiger partial charge in [0.05, 0.1) is 17.7 Å². The Hall–Kier alpha value is -3.26. The lowest BCUT2D eigenvalue weighted by molar-refractivity contribution is -0.116. The zero-order chi connectivity index (χ0) is 19.2. The maximum absolute atomic E-state index is 12.1. The Kier molecular flexibility index (Phi) is 5.77. The SMILES string of the molecule is COC(=O)c1cc(NC(=O)CCc2nc(-c3ccncc3)no2)ccc1Cl. The third kappa shape index (κ3) is 4.68. The van der Waals surface area contributed by atoms with Gasteiger partial charge in [-0.1, -0.05) is 16.8 Å². The van der Waals surface area contributed by atoms with E-state index in [9.17, 15) is 9.59 Å². The number of ether oxygens (including phenoxy) is 1. The average Bonchev–Trinajstić information content (AvgIpc) is 3.17. The van der Waals surface area contributed by atoms with Gasteiger partial charge in [0.1, 0.15) is 0 Å². The van der Waals surface area contributed by atoms with Gasteiger partial charge in [-0.05, 0) is 30.3 Å². The number of benzene rings is 1. The van der Waals surface area contributed by atoms with E-state index in [1.54, 1.807) is 30.6 Å². The maximum Gasteiger partial charge on any atom is 0.339 e. The van der Waals surface area contributed by atoms with Crippen molar-refractivity contribution in [3.8, 4) is 11.4 Å². The van der Waals surface area contributed by atoms with Gasteiger partial charge in [-0.25, -0.2) is 4.79 Å². The molecule has 3 aromatic rings. The molecule has 0 aliphatic rings. The van der Waals surface area contributed by atoms with Crippen LogP contribution in [-0.2, 0) is 16.0 Å². The van der Waals surface area contributed by atoms with E-state index in [1.165, 1.54) is 19.2 Å². The Morgan fingerprint density at radius 3 is 2.74 bits per heavy atom. The molecule has 9 heteroatoms. The number of carbonyl (C=O) groups excluding carboxylic acids is 2. The number of anilines is 1. The Labute approximate surface area is 159 Å². The number of nitrogens with one attached hydrogen (secondary N) is 1. The summed E-state index contributed by atoms with van der Waals surface area (Å²) >= 11 is 5.96. The molecule has 0 unspecified atom stereocenters. The molecule has 3 rings (SSSR count). The molecule has 0 spiro atoms. The second kappa shape index (κ2) is 8.41. The fourth-order valence-electron chi connectivity index (χ4n) is 2.29. The lowest BCUT2D eigenvalue weighted by atomic mass is 10.2. The molecule has 27 heavy (non-hydrogen) atoms. The molecule has 8 nitrogen and oxygen atoms in total. The predicted octanol–water partition coefficient (Wildman–Crippen LogP) is 3.14. The van der Waals surface area contributed by atoms with Crippen LogP contribution in [0.2, 0.25) is 5.02 Å². The van der Waals surface area contributed by atoms with Crippen molar-refractivity contribution < 1.29 is 18.8 Å². The average molecular weight is 387 g/mol. The fraction of sp³-hybridized carbons (Fsp3) is 0.167. The molecule has 1 N–H and O–H groups in total. The van der Waals surface area contributed by atoms with E-state index < -0.39 is 5.97 Å². The summed E-state index contributed by atoms with van der Waals surface area (Å²) in [5, 5.41) is 6.83. The van der Waals surface area contributed by atoms with Gasteiger partial charge in [0.15, 0.2) is 0 Å². The number of rotatable bonds is 6. The molecule has 0 bridgehead atoms. The summed E-state index contributed by atoms with van der Waals surface area (Å²) in [4.78, 5) is 32.0. The summed E-state index contributed by atoms with van der Waals surface area (Å²) in [6.07, 6.45) is 3.68. The minimum atomic E-state index is -0.578. The fourth-order valence-corrected chi connectivity index (χ4v) is 2.48. The minimum Gasteiger partial charge on any atom is -0.465 e. The molecule has 0 radical (unpaired) electrons. The van der Waals surface area contributed by atoms with Gasteiger partial charge in [-0.3, -0.25) is 9.78 Å². The van der Waals surface area contributed by atoms with E-state index in [2.05, 4.69) is 25.2 Å². The second-order valence-electron chi connectivity index (χ2n) is 5.48. The van der Waals surface area contributed by atoms with Crippen LogP contribution in [0.25, 0.3) is 11.4 Å². The summed E-state index contributed by atoms with van der Waals surface area (Å²) in [7, 11) is 1.26. The Morgan fingerprint density at radius 1 is 1.22 bits per heavy atom. The quantitative estimate of drug-likeness (QED) is 0.648. The smallest absolute Gasteiger partial charge is 0.339 e. The van der Waals surface area contributed by atoms with Gasteiger partial charge in [0.2, 0.25) is 17.6 Å².